The Bertz CT molecular complexity index is 454. The minimum Gasteiger partial charge on any atom is -0.319 e. The molecule has 1 fully saturated rings. The largest absolute Gasteiger partial charge is 0.319 e. The number of rotatable bonds is 4. The molecule has 1 aliphatic rings. The summed E-state index contributed by atoms with van der Waals surface area (Å²) in [5, 5.41) is 3.42. The summed E-state index contributed by atoms with van der Waals surface area (Å²) in [7, 11) is 0. The SMILES string of the molecule is CCC(CC)N1C(=O)C(C)NC1c1cccc(C)c1. The maximum Gasteiger partial charge on any atom is 0.241 e. The van der Waals surface area contributed by atoms with Crippen molar-refractivity contribution in [1.29, 1.82) is 0 Å². The van der Waals surface area contributed by atoms with Gasteiger partial charge in [-0.25, -0.2) is 0 Å². The molecule has 19 heavy (non-hydrogen) atoms. The van der Waals surface area contributed by atoms with Crippen molar-refractivity contribution in [2.75, 3.05) is 0 Å². The Hall–Kier alpha value is -1.35. The first-order chi connectivity index (χ1) is 9.08. The highest BCUT2D eigenvalue weighted by Crippen LogP contribution is 2.29. The summed E-state index contributed by atoms with van der Waals surface area (Å²) in [4.78, 5) is 14.4. The topological polar surface area (TPSA) is 32.3 Å². The monoisotopic (exact) mass is 260 g/mol. The van der Waals surface area contributed by atoms with Crippen LogP contribution in [-0.4, -0.2) is 22.9 Å². The van der Waals surface area contributed by atoms with Crippen molar-refractivity contribution >= 4 is 5.91 Å². The zero-order valence-corrected chi connectivity index (χ0v) is 12.3. The molecule has 3 nitrogen and oxygen atoms in total. The second-order valence-electron chi connectivity index (χ2n) is 5.42. The third kappa shape index (κ3) is 2.66. The molecule has 1 amide bonds. The molecule has 1 saturated heterocycles. The normalized spacial score (nSPS) is 23.4. The summed E-state index contributed by atoms with van der Waals surface area (Å²) >= 11 is 0. The van der Waals surface area contributed by atoms with E-state index in [1.54, 1.807) is 0 Å². The van der Waals surface area contributed by atoms with E-state index >= 15 is 0 Å². The second-order valence-corrected chi connectivity index (χ2v) is 5.42. The summed E-state index contributed by atoms with van der Waals surface area (Å²) in [6.07, 6.45) is 2.02. The van der Waals surface area contributed by atoms with Gasteiger partial charge in [0.05, 0.1) is 6.04 Å². The van der Waals surface area contributed by atoms with Crippen LogP contribution in [0.1, 0.15) is 50.9 Å². The third-order valence-electron chi connectivity index (χ3n) is 4.00. The first-order valence-corrected chi connectivity index (χ1v) is 7.23. The predicted molar refractivity (Wildman–Crippen MR) is 77.7 cm³/mol. The molecule has 1 aliphatic heterocycles. The average molecular weight is 260 g/mol. The second kappa shape index (κ2) is 5.74. The lowest BCUT2D eigenvalue weighted by atomic mass is 10.1. The van der Waals surface area contributed by atoms with Crippen LogP contribution in [0.2, 0.25) is 0 Å². The summed E-state index contributed by atoms with van der Waals surface area (Å²) in [5.41, 5.74) is 2.42. The Morgan fingerprint density at radius 1 is 1.32 bits per heavy atom. The highest BCUT2D eigenvalue weighted by atomic mass is 16.2. The zero-order valence-electron chi connectivity index (χ0n) is 12.3. The predicted octanol–water partition coefficient (Wildman–Crippen LogP) is 3.00. The number of aryl methyl sites for hydroxylation is 1. The Morgan fingerprint density at radius 2 is 2.00 bits per heavy atom. The minimum absolute atomic E-state index is 0.0206. The van der Waals surface area contributed by atoms with Crippen LogP contribution < -0.4 is 5.32 Å². The van der Waals surface area contributed by atoms with Crippen molar-refractivity contribution in [3.63, 3.8) is 0 Å². The summed E-state index contributed by atoms with van der Waals surface area (Å²) in [6, 6.07) is 8.64. The maximum absolute atomic E-state index is 12.4. The van der Waals surface area contributed by atoms with Gasteiger partial charge in [-0.05, 0) is 32.3 Å². The standard InChI is InChI=1S/C16H24N2O/c1-5-14(6-2)18-15(17-12(4)16(18)19)13-9-7-8-11(3)10-13/h7-10,12,14-15,17H,5-6H2,1-4H3. The molecule has 2 atom stereocenters. The van der Waals surface area contributed by atoms with Gasteiger partial charge in [-0.3, -0.25) is 10.1 Å². The van der Waals surface area contributed by atoms with Crippen molar-refractivity contribution in [3.05, 3.63) is 35.4 Å². The molecule has 0 radical (unpaired) electrons. The first kappa shape index (κ1) is 14.1. The van der Waals surface area contributed by atoms with Crippen LogP contribution in [0, 0.1) is 6.92 Å². The van der Waals surface area contributed by atoms with E-state index in [2.05, 4.69) is 50.4 Å². The number of carbonyl (C=O) groups excluding carboxylic acids is 1. The number of carbonyl (C=O) groups is 1. The van der Waals surface area contributed by atoms with Gasteiger partial charge in [0.25, 0.3) is 0 Å². The van der Waals surface area contributed by atoms with Crippen molar-refractivity contribution in [2.45, 2.75) is 58.8 Å². The van der Waals surface area contributed by atoms with Crippen molar-refractivity contribution in [3.8, 4) is 0 Å². The van der Waals surface area contributed by atoms with E-state index in [4.69, 9.17) is 0 Å². The number of amides is 1. The third-order valence-corrected chi connectivity index (χ3v) is 4.00. The first-order valence-electron chi connectivity index (χ1n) is 7.23. The van der Waals surface area contributed by atoms with E-state index in [9.17, 15) is 4.79 Å². The Morgan fingerprint density at radius 3 is 2.58 bits per heavy atom. The molecule has 1 N–H and O–H groups in total. The van der Waals surface area contributed by atoms with E-state index in [-0.39, 0.29) is 18.1 Å². The molecule has 104 valence electrons. The Labute approximate surface area is 116 Å². The molecule has 0 saturated carbocycles. The van der Waals surface area contributed by atoms with Crippen molar-refractivity contribution < 1.29 is 4.79 Å². The summed E-state index contributed by atoms with van der Waals surface area (Å²) in [5.74, 6) is 0.222. The van der Waals surface area contributed by atoms with Crippen LogP contribution >= 0.6 is 0 Å². The quantitative estimate of drug-likeness (QED) is 0.902. The van der Waals surface area contributed by atoms with Gasteiger partial charge >= 0.3 is 0 Å². The number of nitrogens with zero attached hydrogens (tertiary/aromatic N) is 1. The number of benzene rings is 1. The van der Waals surface area contributed by atoms with Crippen LogP contribution in [0.5, 0.6) is 0 Å². The van der Waals surface area contributed by atoms with Crippen molar-refractivity contribution in [1.82, 2.24) is 10.2 Å². The number of nitrogens with one attached hydrogen (secondary N) is 1. The Kier molecular flexibility index (Phi) is 4.25. The maximum atomic E-state index is 12.4. The van der Waals surface area contributed by atoms with Crippen LogP contribution in [0.3, 0.4) is 0 Å². The van der Waals surface area contributed by atoms with E-state index < -0.39 is 0 Å². The fourth-order valence-corrected chi connectivity index (χ4v) is 2.91. The van der Waals surface area contributed by atoms with Gasteiger partial charge in [0.15, 0.2) is 0 Å². The van der Waals surface area contributed by atoms with Gasteiger partial charge in [-0.1, -0.05) is 43.7 Å². The fraction of sp³-hybridized carbons (Fsp3) is 0.562. The summed E-state index contributed by atoms with van der Waals surface area (Å²) < 4.78 is 0. The van der Waals surface area contributed by atoms with Crippen LogP contribution in [0.25, 0.3) is 0 Å². The molecule has 3 heteroatoms. The molecule has 1 heterocycles. The van der Waals surface area contributed by atoms with Gasteiger partial charge < -0.3 is 4.90 Å². The van der Waals surface area contributed by atoms with Crippen LogP contribution in [0.4, 0.5) is 0 Å². The zero-order chi connectivity index (χ0) is 14.0. The molecule has 0 aliphatic carbocycles. The number of hydrogen-bond acceptors (Lipinski definition) is 2. The Balaban J connectivity index is 2.34. The van der Waals surface area contributed by atoms with Gasteiger partial charge in [-0.15, -0.1) is 0 Å². The smallest absolute Gasteiger partial charge is 0.241 e. The minimum atomic E-state index is -0.0916. The highest BCUT2D eigenvalue weighted by Gasteiger charge is 2.39. The lowest BCUT2D eigenvalue weighted by molar-refractivity contribution is -0.132. The molecule has 1 aromatic carbocycles. The molecular weight excluding hydrogens is 236 g/mol. The van der Waals surface area contributed by atoms with E-state index in [1.165, 1.54) is 11.1 Å². The summed E-state index contributed by atoms with van der Waals surface area (Å²) in [6.45, 7) is 8.34. The van der Waals surface area contributed by atoms with E-state index in [0.29, 0.717) is 6.04 Å². The van der Waals surface area contributed by atoms with E-state index in [0.717, 1.165) is 12.8 Å². The lowest BCUT2D eigenvalue weighted by Gasteiger charge is -2.32. The van der Waals surface area contributed by atoms with Crippen molar-refractivity contribution in [2.24, 2.45) is 0 Å². The molecule has 1 aromatic rings. The molecule has 0 bridgehead atoms. The van der Waals surface area contributed by atoms with Gasteiger partial charge in [0, 0.05) is 6.04 Å². The van der Waals surface area contributed by atoms with Crippen LogP contribution in [-0.2, 0) is 4.79 Å². The average Bonchev–Trinajstić information content (AvgIpc) is 2.69. The van der Waals surface area contributed by atoms with Gasteiger partial charge in [0.1, 0.15) is 6.17 Å². The number of hydrogen-bond donors (Lipinski definition) is 1. The highest BCUT2D eigenvalue weighted by molar-refractivity contribution is 5.84. The molecule has 0 spiro atoms. The molecule has 0 aromatic heterocycles. The molecule has 2 unspecified atom stereocenters. The molecular formula is C16H24N2O. The lowest BCUT2D eigenvalue weighted by Crippen LogP contribution is -2.39. The van der Waals surface area contributed by atoms with Crippen LogP contribution in [0.15, 0.2) is 24.3 Å². The fourth-order valence-electron chi connectivity index (χ4n) is 2.91. The molecule has 2 rings (SSSR count). The van der Waals surface area contributed by atoms with Gasteiger partial charge in [0.2, 0.25) is 5.91 Å². The van der Waals surface area contributed by atoms with E-state index in [1.807, 2.05) is 11.8 Å². The van der Waals surface area contributed by atoms with Gasteiger partial charge in [-0.2, -0.15) is 0 Å².